The van der Waals surface area contributed by atoms with Crippen LogP contribution in [0, 0.1) is 12.7 Å². The Balaban J connectivity index is 1.39. The maximum Gasteiger partial charge on any atom is 0.407 e. The molecule has 248 valence electrons. The molecule has 0 aliphatic carbocycles. The molecule has 14 heteroatoms. The molecule has 0 radical (unpaired) electrons. The summed E-state index contributed by atoms with van der Waals surface area (Å²) < 4.78 is 54.9. The Bertz CT molecular complexity index is 2110. The Morgan fingerprint density at radius 2 is 1.88 bits per heavy atom. The molecule has 0 bridgehead atoms. The molecular formula is C34H33FN6O6S. The van der Waals surface area contributed by atoms with Crippen molar-refractivity contribution in [1.82, 2.24) is 19.9 Å². The molecule has 0 saturated carbocycles. The first-order valence-electron chi connectivity index (χ1n) is 15.1. The van der Waals surface area contributed by atoms with Gasteiger partial charge in [-0.1, -0.05) is 18.2 Å². The molecular weight excluding hydrogens is 639 g/mol. The smallest absolute Gasteiger partial charge is 0.407 e. The van der Waals surface area contributed by atoms with E-state index in [2.05, 4.69) is 20.3 Å². The highest BCUT2D eigenvalue weighted by Crippen LogP contribution is 2.43. The van der Waals surface area contributed by atoms with Crippen LogP contribution in [0.15, 0.2) is 79.1 Å². The van der Waals surface area contributed by atoms with Crippen LogP contribution in [0.1, 0.15) is 18.4 Å². The number of pyridine rings is 1. The van der Waals surface area contributed by atoms with Gasteiger partial charge in [-0.25, -0.2) is 36.9 Å². The van der Waals surface area contributed by atoms with Crippen molar-refractivity contribution in [3.05, 3.63) is 90.5 Å². The standard InChI is InChI=1S/C34H33FN6O6S/c1-21-11-12-25-26(13-14-28(35)30(25)41(48(3,44)45)23-8-4-9-24(19-23)46-2)31(21)47-32-27(10-5-16-36-32)29-15-17-37-33(39-29)38-22-7-6-18-40(20-22)34(42)43/h4-5,8-17,19,22H,6-7,18,20H2,1-3H3,(H,42,43)(H,37,38,39). The third kappa shape index (κ3) is 6.65. The molecule has 1 aliphatic heterocycles. The number of benzene rings is 3. The number of nitrogens with one attached hydrogen (secondary N) is 1. The van der Waals surface area contributed by atoms with Crippen LogP contribution < -0.4 is 19.1 Å². The van der Waals surface area contributed by atoms with Crippen LogP contribution in [-0.4, -0.2) is 72.0 Å². The van der Waals surface area contributed by atoms with Crippen molar-refractivity contribution in [3.63, 3.8) is 0 Å². The lowest BCUT2D eigenvalue weighted by atomic mass is 10.0. The van der Waals surface area contributed by atoms with Gasteiger partial charge in [0.2, 0.25) is 21.9 Å². The fraction of sp³-hybridized carbons (Fsp3) is 0.235. The van der Waals surface area contributed by atoms with Gasteiger partial charge in [-0.15, -0.1) is 0 Å². The summed E-state index contributed by atoms with van der Waals surface area (Å²) in [5.74, 6) is 0.574. The first-order chi connectivity index (χ1) is 23.0. The number of likely N-dealkylation sites (tertiary alicyclic amines) is 1. The first kappa shape index (κ1) is 32.4. The van der Waals surface area contributed by atoms with Crippen LogP contribution in [0.5, 0.6) is 17.4 Å². The van der Waals surface area contributed by atoms with Crippen LogP contribution in [0.2, 0.25) is 0 Å². The van der Waals surface area contributed by atoms with E-state index in [1.807, 2.05) is 6.92 Å². The summed E-state index contributed by atoms with van der Waals surface area (Å²) >= 11 is 0. The fourth-order valence-corrected chi connectivity index (χ4v) is 6.82. The second-order valence-electron chi connectivity index (χ2n) is 11.4. The monoisotopic (exact) mass is 672 g/mol. The molecule has 1 atom stereocenters. The summed E-state index contributed by atoms with van der Waals surface area (Å²) in [6.45, 7) is 2.63. The van der Waals surface area contributed by atoms with E-state index in [1.54, 1.807) is 67.0 Å². The van der Waals surface area contributed by atoms with E-state index in [9.17, 15) is 18.3 Å². The van der Waals surface area contributed by atoms with E-state index in [0.29, 0.717) is 58.1 Å². The third-order valence-electron chi connectivity index (χ3n) is 8.02. The highest BCUT2D eigenvalue weighted by atomic mass is 32.2. The van der Waals surface area contributed by atoms with E-state index in [4.69, 9.17) is 9.47 Å². The van der Waals surface area contributed by atoms with E-state index < -0.39 is 21.9 Å². The van der Waals surface area contributed by atoms with Crippen molar-refractivity contribution in [1.29, 1.82) is 0 Å². The molecule has 3 heterocycles. The number of aromatic nitrogens is 3. The van der Waals surface area contributed by atoms with Crippen molar-refractivity contribution >= 4 is 44.2 Å². The zero-order valence-electron chi connectivity index (χ0n) is 26.4. The summed E-state index contributed by atoms with van der Waals surface area (Å²) in [6, 6.07) is 17.6. The Kier molecular flexibility index (Phi) is 9.00. The van der Waals surface area contributed by atoms with Gasteiger partial charge in [-0.2, -0.15) is 0 Å². The van der Waals surface area contributed by atoms with Gasteiger partial charge in [0.15, 0.2) is 0 Å². The summed E-state index contributed by atoms with van der Waals surface area (Å²) in [6.07, 6.45) is 4.71. The van der Waals surface area contributed by atoms with Gasteiger partial charge < -0.3 is 24.8 Å². The topological polar surface area (TPSA) is 147 Å². The number of hydrogen-bond donors (Lipinski definition) is 2. The molecule has 1 aliphatic rings. The minimum atomic E-state index is -4.02. The first-order valence-corrected chi connectivity index (χ1v) is 16.9. The largest absolute Gasteiger partial charge is 0.497 e. The fourth-order valence-electron chi connectivity index (χ4n) is 5.80. The number of sulfonamides is 1. The van der Waals surface area contributed by atoms with Gasteiger partial charge in [-0.3, -0.25) is 0 Å². The molecule has 1 fully saturated rings. The molecule has 3 aromatic carbocycles. The van der Waals surface area contributed by atoms with Gasteiger partial charge >= 0.3 is 6.09 Å². The maximum atomic E-state index is 15.7. The van der Waals surface area contributed by atoms with Crippen molar-refractivity contribution in [2.24, 2.45) is 0 Å². The number of fused-ring (bicyclic) bond motifs is 1. The molecule has 1 saturated heterocycles. The zero-order valence-corrected chi connectivity index (χ0v) is 27.2. The number of anilines is 3. The lowest BCUT2D eigenvalue weighted by Gasteiger charge is -2.31. The van der Waals surface area contributed by atoms with E-state index in [-0.39, 0.29) is 23.3 Å². The summed E-state index contributed by atoms with van der Waals surface area (Å²) in [5, 5.41) is 13.4. The number of nitrogens with zero attached hydrogens (tertiary/aromatic N) is 5. The number of carbonyl (C=O) groups is 1. The van der Waals surface area contributed by atoms with Gasteiger partial charge in [0.05, 0.1) is 30.3 Å². The molecule has 1 unspecified atom stereocenters. The van der Waals surface area contributed by atoms with E-state index in [1.165, 1.54) is 24.1 Å². The zero-order chi connectivity index (χ0) is 34.0. The minimum Gasteiger partial charge on any atom is -0.497 e. The van der Waals surface area contributed by atoms with Crippen LogP contribution in [0.4, 0.5) is 26.5 Å². The minimum absolute atomic E-state index is 0.147. The second-order valence-corrected chi connectivity index (χ2v) is 13.2. The average molecular weight is 673 g/mol. The molecule has 6 rings (SSSR count). The molecule has 5 aromatic rings. The Hall–Kier alpha value is -5.50. The SMILES string of the molecule is COc1cccc(N(c2c(F)ccc3c(Oc4ncccc4-c4ccnc(NC5CCCN(C(=O)O)C5)n4)c(C)ccc23)S(C)(=O)=O)c1. The van der Waals surface area contributed by atoms with Gasteiger partial charge in [0, 0.05) is 48.4 Å². The number of hydrogen-bond acceptors (Lipinski definition) is 9. The third-order valence-corrected chi connectivity index (χ3v) is 9.08. The average Bonchev–Trinajstić information content (AvgIpc) is 3.07. The van der Waals surface area contributed by atoms with Crippen molar-refractivity contribution < 1.29 is 32.2 Å². The molecule has 48 heavy (non-hydrogen) atoms. The Morgan fingerprint density at radius 3 is 2.65 bits per heavy atom. The van der Waals surface area contributed by atoms with Crippen LogP contribution in [-0.2, 0) is 10.0 Å². The molecule has 1 amide bonds. The highest BCUT2D eigenvalue weighted by molar-refractivity contribution is 7.92. The van der Waals surface area contributed by atoms with Crippen molar-refractivity contribution in [2.75, 3.05) is 36.1 Å². The van der Waals surface area contributed by atoms with Gasteiger partial charge in [0.25, 0.3) is 0 Å². The number of ether oxygens (including phenoxy) is 2. The van der Waals surface area contributed by atoms with E-state index in [0.717, 1.165) is 23.4 Å². The number of carboxylic acid groups (broad SMARTS) is 1. The number of halogens is 1. The molecule has 2 aromatic heterocycles. The predicted molar refractivity (Wildman–Crippen MR) is 180 cm³/mol. The lowest BCUT2D eigenvalue weighted by molar-refractivity contribution is 0.132. The predicted octanol–water partition coefficient (Wildman–Crippen LogP) is 6.59. The summed E-state index contributed by atoms with van der Waals surface area (Å²) in [7, 11) is -2.56. The van der Waals surface area contributed by atoms with Crippen LogP contribution in [0.3, 0.4) is 0 Å². The number of methoxy groups -OCH3 is 1. The number of rotatable bonds is 9. The molecule has 0 spiro atoms. The van der Waals surface area contributed by atoms with Gasteiger partial charge in [0.1, 0.15) is 23.0 Å². The quantitative estimate of drug-likeness (QED) is 0.176. The molecule has 12 nitrogen and oxygen atoms in total. The maximum absolute atomic E-state index is 15.7. The Labute approximate surface area is 276 Å². The Morgan fingerprint density at radius 1 is 1.06 bits per heavy atom. The summed E-state index contributed by atoms with van der Waals surface area (Å²) in [4.78, 5) is 26.4. The molecule has 2 N–H and O–H groups in total. The van der Waals surface area contributed by atoms with E-state index >= 15 is 4.39 Å². The second kappa shape index (κ2) is 13.3. The number of amides is 1. The van der Waals surface area contributed by atoms with Crippen molar-refractivity contribution in [3.8, 4) is 28.6 Å². The number of piperidine rings is 1. The highest BCUT2D eigenvalue weighted by Gasteiger charge is 2.28. The van der Waals surface area contributed by atoms with Crippen LogP contribution >= 0.6 is 0 Å². The summed E-state index contributed by atoms with van der Waals surface area (Å²) in [5.41, 5.74) is 1.80. The van der Waals surface area contributed by atoms with Crippen molar-refractivity contribution in [2.45, 2.75) is 25.8 Å². The number of aryl methyl sites for hydroxylation is 1. The normalized spacial score (nSPS) is 14.8. The van der Waals surface area contributed by atoms with Crippen LogP contribution in [0.25, 0.3) is 22.0 Å². The lowest BCUT2D eigenvalue weighted by Crippen LogP contribution is -2.44. The van der Waals surface area contributed by atoms with Gasteiger partial charge in [-0.05, 0) is 67.8 Å².